The Morgan fingerprint density at radius 1 is 1.25 bits per heavy atom. The van der Waals surface area contributed by atoms with E-state index in [0.29, 0.717) is 17.1 Å². The number of benzene rings is 1. The van der Waals surface area contributed by atoms with Crippen LogP contribution in [-0.2, 0) is 9.84 Å². The van der Waals surface area contributed by atoms with Gasteiger partial charge in [-0.05, 0) is 17.7 Å². The number of hydrogen-bond donors (Lipinski definition) is 0. The summed E-state index contributed by atoms with van der Waals surface area (Å²) in [6.45, 7) is 0.112. The molecule has 0 unspecified atom stereocenters. The minimum absolute atomic E-state index is 0.112. The molecule has 0 spiro atoms. The SMILES string of the molecule is CS(=O)(=O)[C@@H]1[C@@H](c2ccc3c(c2)OCO3)C1(C#N)C#N. The van der Waals surface area contributed by atoms with Crippen molar-refractivity contribution in [3.63, 3.8) is 0 Å². The molecule has 0 aromatic heterocycles. The molecule has 1 aliphatic heterocycles. The Morgan fingerprint density at radius 2 is 1.90 bits per heavy atom. The van der Waals surface area contributed by atoms with Gasteiger partial charge >= 0.3 is 0 Å². The first-order valence-corrected chi connectivity index (χ1v) is 7.80. The van der Waals surface area contributed by atoms with Gasteiger partial charge in [-0.15, -0.1) is 0 Å². The molecule has 2 aliphatic rings. The minimum Gasteiger partial charge on any atom is -0.454 e. The average Bonchev–Trinajstić information content (AvgIpc) is 2.89. The van der Waals surface area contributed by atoms with E-state index < -0.39 is 26.4 Å². The zero-order chi connectivity index (χ0) is 14.5. The van der Waals surface area contributed by atoms with E-state index in [1.807, 2.05) is 12.1 Å². The highest BCUT2D eigenvalue weighted by Crippen LogP contribution is 2.62. The second kappa shape index (κ2) is 3.87. The fraction of sp³-hybridized carbons (Fsp3) is 0.385. The van der Waals surface area contributed by atoms with Crippen LogP contribution in [0.5, 0.6) is 11.5 Å². The van der Waals surface area contributed by atoms with Crippen LogP contribution < -0.4 is 9.47 Å². The molecule has 0 saturated heterocycles. The van der Waals surface area contributed by atoms with Crippen LogP contribution in [0.2, 0.25) is 0 Å². The van der Waals surface area contributed by atoms with E-state index in [1.165, 1.54) is 0 Å². The third-order valence-electron chi connectivity index (χ3n) is 3.72. The molecule has 2 atom stereocenters. The summed E-state index contributed by atoms with van der Waals surface area (Å²) in [6.07, 6.45) is 1.05. The van der Waals surface area contributed by atoms with Crippen LogP contribution in [0.4, 0.5) is 0 Å². The van der Waals surface area contributed by atoms with Crippen molar-refractivity contribution in [3.05, 3.63) is 23.8 Å². The Labute approximate surface area is 116 Å². The van der Waals surface area contributed by atoms with Crippen molar-refractivity contribution in [1.82, 2.24) is 0 Å². The molecule has 7 heteroatoms. The van der Waals surface area contributed by atoms with Crippen LogP contribution in [0.1, 0.15) is 11.5 Å². The van der Waals surface area contributed by atoms with Crippen LogP contribution >= 0.6 is 0 Å². The average molecular weight is 290 g/mol. The van der Waals surface area contributed by atoms with E-state index in [4.69, 9.17) is 9.47 Å². The molecule has 3 rings (SSSR count). The van der Waals surface area contributed by atoms with Gasteiger partial charge in [0.1, 0.15) is 5.25 Å². The lowest BCUT2D eigenvalue weighted by Gasteiger charge is -2.01. The van der Waals surface area contributed by atoms with Gasteiger partial charge < -0.3 is 9.47 Å². The summed E-state index contributed by atoms with van der Waals surface area (Å²) in [5, 5.41) is 17.5. The summed E-state index contributed by atoms with van der Waals surface area (Å²) >= 11 is 0. The first-order chi connectivity index (χ1) is 9.44. The molecule has 1 saturated carbocycles. The number of rotatable bonds is 2. The second-order valence-electron chi connectivity index (χ2n) is 4.93. The third kappa shape index (κ3) is 1.57. The van der Waals surface area contributed by atoms with Crippen LogP contribution in [0, 0.1) is 28.1 Å². The van der Waals surface area contributed by atoms with E-state index in [9.17, 15) is 18.9 Å². The van der Waals surface area contributed by atoms with Gasteiger partial charge in [-0.1, -0.05) is 6.07 Å². The standard InChI is InChI=1S/C13H10N2O4S/c1-20(16,17)12-11(13(12,5-14)6-15)8-2-3-9-10(4-8)19-7-18-9/h2-4,11-12H,7H2,1H3/t11-,12-/m1/s1. The number of nitriles is 2. The summed E-state index contributed by atoms with van der Waals surface area (Å²) in [6, 6.07) is 8.70. The number of nitrogens with zero attached hydrogens (tertiary/aromatic N) is 2. The van der Waals surface area contributed by atoms with Gasteiger partial charge in [-0.3, -0.25) is 0 Å². The van der Waals surface area contributed by atoms with Crippen molar-refractivity contribution >= 4 is 9.84 Å². The van der Waals surface area contributed by atoms with E-state index in [-0.39, 0.29) is 6.79 Å². The summed E-state index contributed by atoms with van der Waals surface area (Å²) in [7, 11) is -3.49. The molecule has 1 aromatic carbocycles. The Balaban J connectivity index is 2.07. The van der Waals surface area contributed by atoms with Gasteiger partial charge in [-0.25, -0.2) is 8.42 Å². The molecule has 6 nitrogen and oxygen atoms in total. The highest BCUT2D eigenvalue weighted by molar-refractivity contribution is 7.91. The normalized spacial score (nSPS) is 25.6. The smallest absolute Gasteiger partial charge is 0.231 e. The molecule has 1 heterocycles. The summed E-state index contributed by atoms with van der Waals surface area (Å²) < 4.78 is 34.0. The van der Waals surface area contributed by atoms with Crippen molar-refractivity contribution < 1.29 is 17.9 Å². The van der Waals surface area contributed by atoms with Crippen molar-refractivity contribution in [2.24, 2.45) is 5.41 Å². The Bertz CT molecular complexity index is 759. The number of ether oxygens (including phenoxy) is 2. The lowest BCUT2D eigenvalue weighted by atomic mass is 10.0. The maximum atomic E-state index is 11.8. The van der Waals surface area contributed by atoms with Gasteiger partial charge in [0, 0.05) is 12.2 Å². The second-order valence-corrected chi connectivity index (χ2v) is 7.10. The van der Waals surface area contributed by atoms with E-state index in [2.05, 4.69) is 0 Å². The van der Waals surface area contributed by atoms with E-state index in [0.717, 1.165) is 6.26 Å². The zero-order valence-electron chi connectivity index (χ0n) is 10.5. The van der Waals surface area contributed by atoms with Crippen molar-refractivity contribution in [2.75, 3.05) is 13.0 Å². The quantitative estimate of drug-likeness (QED) is 0.804. The molecule has 0 N–H and O–H groups in total. The molecular weight excluding hydrogens is 280 g/mol. The van der Waals surface area contributed by atoms with Crippen molar-refractivity contribution in [3.8, 4) is 23.6 Å². The number of sulfone groups is 1. The zero-order valence-corrected chi connectivity index (χ0v) is 11.3. The van der Waals surface area contributed by atoms with Gasteiger partial charge in [0.25, 0.3) is 0 Å². The van der Waals surface area contributed by atoms with Gasteiger partial charge in [0.2, 0.25) is 6.79 Å². The number of fused-ring (bicyclic) bond motifs is 1. The maximum Gasteiger partial charge on any atom is 0.231 e. The fourth-order valence-corrected chi connectivity index (χ4v) is 4.49. The van der Waals surface area contributed by atoms with Gasteiger partial charge in [0.05, 0.1) is 12.1 Å². The van der Waals surface area contributed by atoms with Gasteiger partial charge in [0.15, 0.2) is 26.8 Å². The monoisotopic (exact) mass is 290 g/mol. The minimum atomic E-state index is -3.49. The summed E-state index contributed by atoms with van der Waals surface area (Å²) in [5.74, 6) is 0.429. The number of hydrogen-bond acceptors (Lipinski definition) is 6. The predicted octanol–water partition coefficient (Wildman–Crippen LogP) is 0.959. The Kier molecular flexibility index (Phi) is 2.47. The molecular formula is C13H10N2O4S. The van der Waals surface area contributed by atoms with Gasteiger partial charge in [-0.2, -0.15) is 10.5 Å². The topological polar surface area (TPSA) is 100 Å². The molecule has 0 amide bonds. The molecule has 1 fully saturated rings. The Morgan fingerprint density at radius 3 is 2.45 bits per heavy atom. The lowest BCUT2D eigenvalue weighted by Crippen LogP contribution is -2.11. The van der Waals surface area contributed by atoms with Crippen molar-refractivity contribution in [1.29, 1.82) is 10.5 Å². The van der Waals surface area contributed by atoms with Crippen LogP contribution in [-0.4, -0.2) is 26.7 Å². The predicted molar refractivity (Wildman–Crippen MR) is 67.6 cm³/mol. The molecule has 0 bridgehead atoms. The third-order valence-corrected chi connectivity index (χ3v) is 5.29. The highest BCUT2D eigenvalue weighted by atomic mass is 32.2. The Hall–Kier alpha value is -2.25. The summed E-state index contributed by atoms with van der Waals surface area (Å²) in [4.78, 5) is 0. The lowest BCUT2D eigenvalue weighted by molar-refractivity contribution is 0.174. The fourth-order valence-electron chi connectivity index (χ4n) is 2.78. The first kappa shape index (κ1) is 12.8. The molecule has 0 radical (unpaired) electrons. The molecule has 102 valence electrons. The molecule has 1 aromatic rings. The summed E-state index contributed by atoms with van der Waals surface area (Å²) in [5.41, 5.74) is -0.908. The van der Waals surface area contributed by atoms with E-state index >= 15 is 0 Å². The van der Waals surface area contributed by atoms with Crippen LogP contribution in [0.15, 0.2) is 18.2 Å². The molecule has 1 aliphatic carbocycles. The largest absolute Gasteiger partial charge is 0.454 e. The molecule has 20 heavy (non-hydrogen) atoms. The van der Waals surface area contributed by atoms with Crippen LogP contribution in [0.3, 0.4) is 0 Å². The van der Waals surface area contributed by atoms with Crippen molar-refractivity contribution in [2.45, 2.75) is 11.2 Å². The first-order valence-electron chi connectivity index (χ1n) is 5.85. The highest BCUT2D eigenvalue weighted by Gasteiger charge is 2.72. The van der Waals surface area contributed by atoms with Crippen LogP contribution in [0.25, 0.3) is 0 Å². The maximum absolute atomic E-state index is 11.8. The van der Waals surface area contributed by atoms with E-state index in [1.54, 1.807) is 18.2 Å².